The Balaban J connectivity index is 1.84. The number of nitro groups is 1. The number of amides is 1. The van der Waals surface area contributed by atoms with Crippen LogP contribution in [0.3, 0.4) is 0 Å². The van der Waals surface area contributed by atoms with Crippen molar-refractivity contribution in [3.05, 3.63) is 98.5 Å². The van der Waals surface area contributed by atoms with E-state index in [1.807, 2.05) is 0 Å². The first-order valence-electron chi connectivity index (χ1n) is 9.27. The molecule has 0 spiro atoms. The molecule has 0 atom stereocenters. The summed E-state index contributed by atoms with van der Waals surface area (Å²) in [6.45, 7) is -0.617. The van der Waals surface area contributed by atoms with Crippen LogP contribution in [0.15, 0.2) is 82.8 Å². The van der Waals surface area contributed by atoms with E-state index in [1.54, 1.807) is 36.4 Å². The third kappa shape index (κ3) is 6.07. The Morgan fingerprint density at radius 3 is 2.30 bits per heavy atom. The monoisotopic (exact) mass is 506 g/mol. The van der Waals surface area contributed by atoms with Crippen LogP contribution in [0.5, 0.6) is 0 Å². The number of hydrazone groups is 1. The summed E-state index contributed by atoms with van der Waals surface area (Å²) in [7, 11) is -4.15. The van der Waals surface area contributed by atoms with Gasteiger partial charge in [0.05, 0.1) is 31.8 Å². The molecule has 0 saturated carbocycles. The molecule has 0 aliphatic rings. The van der Waals surface area contributed by atoms with E-state index in [4.69, 9.17) is 23.2 Å². The lowest BCUT2D eigenvalue weighted by atomic mass is 10.2. The van der Waals surface area contributed by atoms with Crippen molar-refractivity contribution in [1.29, 1.82) is 0 Å². The zero-order valence-electron chi connectivity index (χ0n) is 16.8. The summed E-state index contributed by atoms with van der Waals surface area (Å²) in [5, 5.41) is 15.4. The summed E-state index contributed by atoms with van der Waals surface area (Å²) in [6, 6.07) is 17.1. The molecule has 0 aliphatic heterocycles. The molecule has 0 saturated heterocycles. The number of anilines is 1. The van der Waals surface area contributed by atoms with E-state index in [1.165, 1.54) is 30.5 Å². The Morgan fingerprint density at radius 2 is 1.70 bits per heavy atom. The van der Waals surface area contributed by atoms with E-state index >= 15 is 0 Å². The van der Waals surface area contributed by atoms with Crippen LogP contribution >= 0.6 is 23.2 Å². The van der Waals surface area contributed by atoms with Crippen molar-refractivity contribution in [3.63, 3.8) is 0 Å². The van der Waals surface area contributed by atoms with E-state index < -0.39 is 27.4 Å². The highest BCUT2D eigenvalue weighted by molar-refractivity contribution is 7.92. The molecule has 0 bridgehead atoms. The fraction of sp³-hybridized carbons (Fsp3) is 0.0476. The number of nitrogens with one attached hydrogen (secondary N) is 1. The van der Waals surface area contributed by atoms with Gasteiger partial charge in [-0.2, -0.15) is 5.10 Å². The first-order valence-corrected chi connectivity index (χ1v) is 11.5. The molecule has 3 aromatic carbocycles. The molecule has 170 valence electrons. The van der Waals surface area contributed by atoms with Gasteiger partial charge in [-0.3, -0.25) is 19.2 Å². The van der Waals surface area contributed by atoms with E-state index in [0.717, 1.165) is 16.4 Å². The number of hydrogen-bond acceptors (Lipinski definition) is 6. The molecule has 0 aliphatic carbocycles. The van der Waals surface area contributed by atoms with Crippen LogP contribution in [0.1, 0.15) is 5.56 Å². The van der Waals surface area contributed by atoms with E-state index in [9.17, 15) is 23.3 Å². The zero-order chi connectivity index (χ0) is 24.0. The lowest BCUT2D eigenvalue weighted by molar-refractivity contribution is -0.384. The maximum absolute atomic E-state index is 13.2. The summed E-state index contributed by atoms with van der Waals surface area (Å²) >= 11 is 11.8. The predicted octanol–water partition coefficient (Wildman–Crippen LogP) is 4.25. The second-order valence-corrected chi connectivity index (χ2v) is 9.24. The van der Waals surface area contributed by atoms with Gasteiger partial charge in [0.2, 0.25) is 0 Å². The van der Waals surface area contributed by atoms with Crippen molar-refractivity contribution in [2.24, 2.45) is 5.10 Å². The first-order chi connectivity index (χ1) is 15.7. The topological polar surface area (TPSA) is 122 Å². The van der Waals surface area contributed by atoms with E-state index in [-0.39, 0.29) is 16.3 Å². The number of halogens is 2. The number of carbonyl (C=O) groups is 1. The molecule has 0 heterocycles. The molecular weight excluding hydrogens is 491 g/mol. The number of non-ortho nitro benzene ring substituents is 1. The normalized spacial score (nSPS) is 11.3. The van der Waals surface area contributed by atoms with Gasteiger partial charge in [-0.15, -0.1) is 0 Å². The molecule has 33 heavy (non-hydrogen) atoms. The smallest absolute Gasteiger partial charge is 0.269 e. The second kappa shape index (κ2) is 10.4. The van der Waals surface area contributed by atoms with Crippen LogP contribution in [0.25, 0.3) is 0 Å². The summed E-state index contributed by atoms with van der Waals surface area (Å²) in [5.41, 5.74) is 2.68. The van der Waals surface area contributed by atoms with Crippen molar-refractivity contribution in [2.45, 2.75) is 4.90 Å². The maximum atomic E-state index is 13.2. The van der Waals surface area contributed by atoms with Crippen molar-refractivity contribution in [1.82, 2.24) is 5.43 Å². The zero-order valence-corrected chi connectivity index (χ0v) is 19.1. The molecule has 9 nitrogen and oxygen atoms in total. The molecule has 1 N–H and O–H groups in total. The van der Waals surface area contributed by atoms with Gasteiger partial charge in [0.1, 0.15) is 6.54 Å². The fourth-order valence-corrected chi connectivity index (χ4v) is 4.46. The largest absolute Gasteiger partial charge is 0.271 e. The number of benzene rings is 3. The quantitative estimate of drug-likeness (QED) is 0.278. The standard InChI is InChI=1S/C21H16Cl2N4O5S/c22-19-11-6-15(12-20(19)23)13-24-25-21(28)14-26(16-7-9-17(10-8-16)27(29)30)33(31,32)18-4-2-1-3-5-18/h1-13H,14H2,(H,25,28)/b24-13-. The Hall–Kier alpha value is -3.47. The predicted molar refractivity (Wildman–Crippen MR) is 126 cm³/mol. The molecule has 0 unspecified atom stereocenters. The van der Waals surface area contributed by atoms with Crippen molar-refractivity contribution < 1.29 is 18.1 Å². The minimum Gasteiger partial charge on any atom is -0.271 e. The van der Waals surface area contributed by atoms with Gasteiger partial charge in [-0.05, 0) is 42.0 Å². The van der Waals surface area contributed by atoms with Crippen molar-refractivity contribution in [3.8, 4) is 0 Å². The van der Waals surface area contributed by atoms with Crippen LogP contribution in [-0.4, -0.2) is 32.0 Å². The molecule has 3 aromatic rings. The average Bonchev–Trinajstić information content (AvgIpc) is 2.80. The second-order valence-electron chi connectivity index (χ2n) is 6.56. The summed E-state index contributed by atoms with van der Waals surface area (Å²) in [5.74, 6) is -0.732. The van der Waals surface area contributed by atoms with Crippen LogP contribution in [0.4, 0.5) is 11.4 Å². The van der Waals surface area contributed by atoms with Crippen LogP contribution in [-0.2, 0) is 14.8 Å². The minimum absolute atomic E-state index is 0.0459. The Morgan fingerprint density at radius 1 is 1.03 bits per heavy atom. The molecule has 12 heteroatoms. The molecule has 3 rings (SSSR count). The molecule has 0 fully saturated rings. The Labute approximate surface area is 199 Å². The molecule has 0 radical (unpaired) electrons. The number of nitrogens with zero attached hydrogens (tertiary/aromatic N) is 3. The lowest BCUT2D eigenvalue weighted by Gasteiger charge is -2.23. The highest BCUT2D eigenvalue weighted by Crippen LogP contribution is 2.26. The number of sulfonamides is 1. The van der Waals surface area contributed by atoms with Gasteiger partial charge in [-0.25, -0.2) is 13.8 Å². The number of nitro benzene ring substituents is 1. The van der Waals surface area contributed by atoms with E-state index in [0.29, 0.717) is 15.6 Å². The summed E-state index contributed by atoms with van der Waals surface area (Å²) in [6.07, 6.45) is 1.32. The summed E-state index contributed by atoms with van der Waals surface area (Å²) < 4.78 is 27.2. The van der Waals surface area contributed by atoms with Gasteiger partial charge in [-0.1, -0.05) is 47.5 Å². The van der Waals surface area contributed by atoms with Gasteiger partial charge in [0.15, 0.2) is 0 Å². The number of carbonyl (C=O) groups excluding carboxylic acids is 1. The van der Waals surface area contributed by atoms with Crippen molar-refractivity contribution >= 4 is 56.7 Å². The van der Waals surface area contributed by atoms with Crippen LogP contribution < -0.4 is 9.73 Å². The molecular formula is C21H16Cl2N4O5S. The third-order valence-electron chi connectivity index (χ3n) is 4.31. The molecule has 0 aromatic heterocycles. The molecule has 1 amide bonds. The maximum Gasteiger partial charge on any atom is 0.269 e. The minimum atomic E-state index is -4.15. The SMILES string of the molecule is O=C(CN(c1ccc([N+](=O)[O-])cc1)S(=O)(=O)c1ccccc1)N/N=C\c1ccc(Cl)c(Cl)c1. The van der Waals surface area contributed by atoms with Crippen LogP contribution in [0.2, 0.25) is 10.0 Å². The van der Waals surface area contributed by atoms with Gasteiger partial charge in [0, 0.05) is 12.1 Å². The first kappa shape index (κ1) is 24.2. The van der Waals surface area contributed by atoms with Crippen molar-refractivity contribution in [2.75, 3.05) is 10.8 Å². The van der Waals surface area contributed by atoms with Gasteiger partial charge < -0.3 is 0 Å². The van der Waals surface area contributed by atoms with Gasteiger partial charge in [0.25, 0.3) is 21.6 Å². The average molecular weight is 507 g/mol. The van der Waals surface area contributed by atoms with E-state index in [2.05, 4.69) is 10.5 Å². The number of hydrogen-bond donors (Lipinski definition) is 1. The highest BCUT2D eigenvalue weighted by Gasteiger charge is 2.27. The number of rotatable bonds is 8. The third-order valence-corrected chi connectivity index (χ3v) is 6.84. The fourth-order valence-electron chi connectivity index (χ4n) is 2.71. The van der Waals surface area contributed by atoms with Crippen LogP contribution in [0, 0.1) is 10.1 Å². The lowest BCUT2D eigenvalue weighted by Crippen LogP contribution is -2.39. The highest BCUT2D eigenvalue weighted by atomic mass is 35.5. The summed E-state index contributed by atoms with van der Waals surface area (Å²) in [4.78, 5) is 22.8. The Kier molecular flexibility index (Phi) is 7.64. The van der Waals surface area contributed by atoms with Gasteiger partial charge >= 0.3 is 0 Å². The Bertz CT molecular complexity index is 1300.